The number of ether oxygens (including phenoxy) is 3. The first-order valence-corrected chi connectivity index (χ1v) is 16.6. The lowest BCUT2D eigenvalue weighted by atomic mass is 9.76. The Morgan fingerprint density at radius 1 is 1.13 bits per heavy atom. The van der Waals surface area contributed by atoms with Crippen LogP contribution in [0.5, 0.6) is 0 Å². The van der Waals surface area contributed by atoms with Gasteiger partial charge in [0.25, 0.3) is 0 Å². The molecule has 2 aliphatic heterocycles. The molecule has 3 aromatic heterocycles. The van der Waals surface area contributed by atoms with Crippen LogP contribution in [0.1, 0.15) is 85.2 Å². The van der Waals surface area contributed by atoms with E-state index in [1.807, 2.05) is 18.4 Å². The van der Waals surface area contributed by atoms with Crippen LogP contribution in [0, 0.1) is 5.92 Å². The van der Waals surface area contributed by atoms with Gasteiger partial charge in [0.1, 0.15) is 42.0 Å². The Hall–Kier alpha value is -3.12. The van der Waals surface area contributed by atoms with Gasteiger partial charge in [-0.1, -0.05) is 26.8 Å². The number of H-pyrrole nitrogens is 1. The summed E-state index contributed by atoms with van der Waals surface area (Å²) < 4.78 is 22.1. The van der Waals surface area contributed by atoms with Crippen molar-refractivity contribution in [2.75, 3.05) is 12.3 Å². The maximum atomic E-state index is 6.76. The number of rotatable bonds is 8. The van der Waals surface area contributed by atoms with E-state index < -0.39 is 11.4 Å². The molecule has 3 N–H and O–H groups in total. The van der Waals surface area contributed by atoms with Crippen molar-refractivity contribution in [3.63, 3.8) is 0 Å². The summed E-state index contributed by atoms with van der Waals surface area (Å²) in [6.07, 6.45) is 7.42. The predicted molar refractivity (Wildman–Crippen MR) is 172 cm³/mol. The molecule has 4 aliphatic rings. The SMILES string of the molecule is CC(C)N(C[C@H]1O[C@H]2C(n3cnc4c(N)ncnc43)[C@]23OC(C)(C)O[C@H]13)C1CC(CCc2nc3cc(C(C)(C)C)ccc3[nH]2)C1. The van der Waals surface area contributed by atoms with Gasteiger partial charge in [0.15, 0.2) is 22.9 Å². The summed E-state index contributed by atoms with van der Waals surface area (Å²) in [5.41, 5.74) is 10.5. The number of hydrogen-bond donors (Lipinski definition) is 2. The van der Waals surface area contributed by atoms with Gasteiger partial charge in [-0.2, -0.15) is 0 Å². The van der Waals surface area contributed by atoms with Crippen molar-refractivity contribution in [1.82, 2.24) is 34.4 Å². The normalized spacial score (nSPS) is 32.0. The van der Waals surface area contributed by atoms with Crippen molar-refractivity contribution >= 4 is 28.0 Å². The summed E-state index contributed by atoms with van der Waals surface area (Å²) in [5.74, 6) is 1.48. The molecule has 5 heterocycles. The number of nitrogen functional groups attached to an aromatic ring is 1. The molecular weight excluding hydrogens is 568 g/mol. The second kappa shape index (κ2) is 9.94. The second-order valence-electron chi connectivity index (χ2n) is 15.5. The number of nitrogens with two attached hydrogens (primary N) is 1. The van der Waals surface area contributed by atoms with Crippen molar-refractivity contribution in [1.29, 1.82) is 0 Å². The molecular formula is C34H46N8O3. The molecule has 240 valence electrons. The quantitative estimate of drug-likeness (QED) is 0.284. The lowest BCUT2D eigenvalue weighted by Crippen LogP contribution is -2.53. The largest absolute Gasteiger partial charge is 0.382 e. The lowest BCUT2D eigenvalue weighted by Gasteiger charge is -2.46. The van der Waals surface area contributed by atoms with Crippen LogP contribution < -0.4 is 5.73 Å². The number of nitrogens with one attached hydrogen (secondary N) is 1. The Bertz CT molecular complexity index is 1750. The molecule has 11 nitrogen and oxygen atoms in total. The van der Waals surface area contributed by atoms with E-state index in [9.17, 15) is 0 Å². The van der Waals surface area contributed by atoms with E-state index in [1.165, 1.54) is 24.7 Å². The number of hydrogen-bond acceptors (Lipinski definition) is 9. The summed E-state index contributed by atoms with van der Waals surface area (Å²) in [6.45, 7) is 16.1. The summed E-state index contributed by atoms with van der Waals surface area (Å²) >= 11 is 0. The van der Waals surface area contributed by atoms with Gasteiger partial charge >= 0.3 is 0 Å². The predicted octanol–water partition coefficient (Wildman–Crippen LogP) is 4.92. The van der Waals surface area contributed by atoms with Gasteiger partial charge in [-0.15, -0.1) is 0 Å². The zero-order chi connectivity index (χ0) is 31.5. The lowest BCUT2D eigenvalue weighted by molar-refractivity contribution is -0.178. The van der Waals surface area contributed by atoms with E-state index in [0.717, 1.165) is 36.2 Å². The standard InChI is InChI=1S/C34H46N8O3/c1-18(2)41(21-12-19(13-21)8-11-25-39-22-10-9-20(32(3,4)5)14-23(22)40-25)15-24-28-34(45-33(6,7)44-28)27(29(34)43-24)42-17-38-26-30(35)36-16-37-31(26)42/h9-10,14,16-19,21,24,27-29H,8,11-13,15H2,1-7H3,(H,39,40)(H2,35,36,37)/t19?,21?,24-,27?,28-,29+,34-/m1/s1. The fraction of sp³-hybridized carbons (Fsp3) is 0.647. The smallest absolute Gasteiger partial charge is 0.165 e. The van der Waals surface area contributed by atoms with Gasteiger partial charge in [0.05, 0.1) is 17.4 Å². The molecule has 4 aromatic rings. The monoisotopic (exact) mass is 614 g/mol. The van der Waals surface area contributed by atoms with Gasteiger partial charge in [-0.25, -0.2) is 19.9 Å². The third-order valence-electron chi connectivity index (χ3n) is 10.6. The second-order valence-corrected chi connectivity index (χ2v) is 15.5. The minimum atomic E-state index is -0.695. The molecule has 0 radical (unpaired) electrons. The van der Waals surface area contributed by atoms with Gasteiger partial charge < -0.3 is 29.5 Å². The molecule has 2 saturated heterocycles. The van der Waals surface area contributed by atoms with Gasteiger partial charge in [-0.05, 0) is 76.0 Å². The van der Waals surface area contributed by atoms with Crippen molar-refractivity contribution in [2.24, 2.45) is 5.92 Å². The Labute approximate surface area is 264 Å². The van der Waals surface area contributed by atoms with Crippen LogP contribution in [0.15, 0.2) is 30.9 Å². The molecule has 1 unspecified atom stereocenters. The maximum Gasteiger partial charge on any atom is 0.165 e. The number of benzene rings is 1. The molecule has 1 spiro atoms. The number of imidazole rings is 2. The molecule has 2 saturated carbocycles. The van der Waals surface area contributed by atoms with E-state index >= 15 is 0 Å². The highest BCUT2D eigenvalue weighted by Gasteiger charge is 2.84. The third-order valence-corrected chi connectivity index (χ3v) is 10.6. The fourth-order valence-corrected chi connectivity index (χ4v) is 8.25. The average molecular weight is 615 g/mol. The van der Waals surface area contributed by atoms with E-state index in [0.29, 0.717) is 35.0 Å². The number of fused-ring (bicyclic) bond motifs is 2. The molecule has 5 atom stereocenters. The number of aromatic nitrogens is 6. The van der Waals surface area contributed by atoms with Crippen molar-refractivity contribution in [3.05, 3.63) is 42.2 Å². The highest BCUT2D eigenvalue weighted by atomic mass is 16.8. The van der Waals surface area contributed by atoms with Gasteiger partial charge in [0, 0.05) is 25.0 Å². The van der Waals surface area contributed by atoms with Crippen LogP contribution in [0.25, 0.3) is 22.2 Å². The first-order valence-electron chi connectivity index (χ1n) is 16.6. The topological polar surface area (TPSA) is 129 Å². The maximum absolute atomic E-state index is 6.76. The van der Waals surface area contributed by atoms with Crippen molar-refractivity contribution in [2.45, 2.75) is 127 Å². The zero-order valence-corrected chi connectivity index (χ0v) is 27.4. The molecule has 0 bridgehead atoms. The van der Waals surface area contributed by atoms with Gasteiger partial charge in [0.2, 0.25) is 0 Å². The Morgan fingerprint density at radius 3 is 2.69 bits per heavy atom. The summed E-state index contributed by atoms with van der Waals surface area (Å²) in [7, 11) is 0. The van der Waals surface area contributed by atoms with Crippen LogP contribution in [0.2, 0.25) is 0 Å². The molecule has 8 rings (SSSR count). The fourth-order valence-electron chi connectivity index (χ4n) is 8.25. The van der Waals surface area contributed by atoms with E-state index in [4.69, 9.17) is 24.9 Å². The highest BCUT2D eigenvalue weighted by Crippen LogP contribution is 2.67. The Morgan fingerprint density at radius 2 is 1.93 bits per heavy atom. The van der Waals surface area contributed by atoms with E-state index in [1.54, 1.807) is 6.33 Å². The molecule has 11 heteroatoms. The molecule has 0 amide bonds. The molecule has 2 aliphatic carbocycles. The number of anilines is 1. The first-order chi connectivity index (χ1) is 21.3. The van der Waals surface area contributed by atoms with Gasteiger partial charge in [-0.3, -0.25) is 4.90 Å². The summed E-state index contributed by atoms with van der Waals surface area (Å²) in [4.78, 5) is 24.2. The Balaban J connectivity index is 0.918. The van der Waals surface area contributed by atoms with Crippen molar-refractivity contribution in [3.8, 4) is 0 Å². The number of aryl methyl sites for hydroxylation is 1. The summed E-state index contributed by atoms with van der Waals surface area (Å²) in [6, 6.07) is 7.51. The molecule has 1 aromatic carbocycles. The average Bonchev–Trinajstić information content (AvgIpc) is 3.40. The number of nitrogens with zero attached hydrogens (tertiary/aromatic N) is 6. The molecule has 45 heavy (non-hydrogen) atoms. The summed E-state index contributed by atoms with van der Waals surface area (Å²) in [5, 5.41) is 0. The first kappa shape index (κ1) is 29.3. The highest BCUT2D eigenvalue weighted by molar-refractivity contribution is 5.81. The zero-order valence-electron chi connectivity index (χ0n) is 27.4. The van der Waals surface area contributed by atoms with Crippen LogP contribution in [0.4, 0.5) is 5.82 Å². The minimum Gasteiger partial charge on any atom is -0.382 e. The minimum absolute atomic E-state index is 0.0706. The Kier molecular flexibility index (Phi) is 6.47. The van der Waals surface area contributed by atoms with Crippen LogP contribution >= 0.6 is 0 Å². The van der Waals surface area contributed by atoms with Crippen LogP contribution in [-0.4, -0.2) is 82.7 Å². The van der Waals surface area contributed by atoms with Crippen LogP contribution in [0.3, 0.4) is 0 Å². The number of aromatic amines is 1. The third kappa shape index (κ3) is 4.68. The van der Waals surface area contributed by atoms with E-state index in [2.05, 4.69) is 77.7 Å². The van der Waals surface area contributed by atoms with Crippen LogP contribution in [-0.2, 0) is 26.0 Å². The molecule has 4 fully saturated rings. The van der Waals surface area contributed by atoms with E-state index in [-0.39, 0.29) is 29.8 Å². The van der Waals surface area contributed by atoms with Crippen molar-refractivity contribution < 1.29 is 14.2 Å².